The number of hydrogen-bond acceptors (Lipinski definition) is 6. The molecule has 2 aromatic rings. The molecule has 2 aromatic heterocycles. The van der Waals surface area contributed by atoms with Gasteiger partial charge in [-0.2, -0.15) is 0 Å². The predicted molar refractivity (Wildman–Crippen MR) is 102 cm³/mol. The Kier molecular flexibility index (Phi) is 4.71. The van der Waals surface area contributed by atoms with Crippen LogP contribution in [0.4, 0.5) is 5.69 Å². The zero-order chi connectivity index (χ0) is 19.1. The average Bonchev–Trinajstić information content (AvgIpc) is 3.28. The summed E-state index contributed by atoms with van der Waals surface area (Å²) in [4.78, 5) is 35.7. The number of carbonyl (C=O) groups excluding carboxylic acids is 2. The van der Waals surface area contributed by atoms with Gasteiger partial charge in [0.2, 0.25) is 11.8 Å². The SMILES string of the molecule is CC(=O)N1CCN(C(O)c2cccs2)C2CC(=O)N(c3cnccc3C)C21. The third-order valence-electron chi connectivity index (χ3n) is 5.39. The molecule has 2 aliphatic rings. The van der Waals surface area contributed by atoms with E-state index >= 15 is 0 Å². The highest BCUT2D eigenvalue weighted by Gasteiger charge is 2.51. The van der Waals surface area contributed by atoms with Crippen molar-refractivity contribution in [1.29, 1.82) is 0 Å². The Bertz CT molecular complexity index is 856. The van der Waals surface area contributed by atoms with Crippen molar-refractivity contribution in [2.75, 3.05) is 18.0 Å². The van der Waals surface area contributed by atoms with E-state index in [9.17, 15) is 14.7 Å². The van der Waals surface area contributed by atoms with E-state index in [0.29, 0.717) is 18.8 Å². The largest absolute Gasteiger partial charge is 0.373 e. The molecule has 7 nitrogen and oxygen atoms in total. The van der Waals surface area contributed by atoms with Gasteiger partial charge in [0, 0.05) is 37.5 Å². The minimum absolute atomic E-state index is 0.0578. The fraction of sp³-hybridized carbons (Fsp3) is 0.421. The monoisotopic (exact) mass is 386 g/mol. The second-order valence-corrected chi connectivity index (χ2v) is 7.93. The van der Waals surface area contributed by atoms with E-state index in [4.69, 9.17) is 0 Å². The summed E-state index contributed by atoms with van der Waals surface area (Å²) in [5.41, 5.74) is 1.65. The van der Waals surface area contributed by atoms with Crippen LogP contribution in [-0.4, -0.2) is 57.0 Å². The standard InChI is InChI=1S/C19H22N4O3S/c1-12-5-6-20-11-15(12)23-17(25)10-14-18(23)21(13(2)24)7-8-22(14)19(26)16-4-3-9-27-16/h3-6,9,11,14,18-19,26H,7-8,10H2,1-2H3. The lowest BCUT2D eigenvalue weighted by atomic mass is 10.1. The lowest BCUT2D eigenvalue weighted by Crippen LogP contribution is -2.63. The fourth-order valence-electron chi connectivity index (χ4n) is 4.09. The molecule has 27 heavy (non-hydrogen) atoms. The van der Waals surface area contributed by atoms with E-state index in [1.807, 2.05) is 35.4 Å². The van der Waals surface area contributed by atoms with Crippen molar-refractivity contribution >= 4 is 28.8 Å². The van der Waals surface area contributed by atoms with Crippen LogP contribution >= 0.6 is 11.3 Å². The summed E-state index contributed by atoms with van der Waals surface area (Å²) in [5, 5.41) is 12.8. The van der Waals surface area contributed by atoms with Crippen LogP contribution in [0, 0.1) is 6.92 Å². The Balaban J connectivity index is 1.73. The summed E-state index contributed by atoms with van der Waals surface area (Å²) in [6.07, 6.45) is 2.39. The lowest BCUT2D eigenvalue weighted by molar-refractivity contribution is -0.140. The van der Waals surface area contributed by atoms with Crippen LogP contribution in [0.5, 0.6) is 0 Å². The van der Waals surface area contributed by atoms with Gasteiger partial charge in [0.25, 0.3) is 0 Å². The maximum atomic E-state index is 13.0. The number of thiophene rings is 1. The van der Waals surface area contributed by atoms with E-state index in [1.54, 1.807) is 22.2 Å². The van der Waals surface area contributed by atoms with Gasteiger partial charge in [-0.25, -0.2) is 0 Å². The molecule has 0 aromatic carbocycles. The van der Waals surface area contributed by atoms with Crippen molar-refractivity contribution in [2.24, 2.45) is 0 Å². The van der Waals surface area contributed by atoms with Gasteiger partial charge in [0.1, 0.15) is 12.4 Å². The molecular formula is C19H22N4O3S. The van der Waals surface area contributed by atoms with Crippen LogP contribution in [0.15, 0.2) is 36.0 Å². The summed E-state index contributed by atoms with van der Waals surface area (Å²) in [7, 11) is 0. The molecule has 4 rings (SSSR count). The number of aryl methyl sites for hydroxylation is 1. The van der Waals surface area contributed by atoms with Crippen LogP contribution in [-0.2, 0) is 9.59 Å². The van der Waals surface area contributed by atoms with Gasteiger partial charge in [0.05, 0.1) is 17.9 Å². The Morgan fingerprint density at radius 3 is 2.85 bits per heavy atom. The first-order valence-electron chi connectivity index (χ1n) is 8.96. The minimum atomic E-state index is -0.783. The normalized spacial score (nSPS) is 24.2. The van der Waals surface area contributed by atoms with Crippen LogP contribution in [0.2, 0.25) is 0 Å². The number of pyridine rings is 1. The summed E-state index contributed by atoms with van der Waals surface area (Å²) >= 11 is 1.49. The Labute approximate surface area is 161 Å². The van der Waals surface area contributed by atoms with Gasteiger partial charge < -0.3 is 10.0 Å². The molecule has 0 saturated carbocycles. The second-order valence-electron chi connectivity index (χ2n) is 6.95. The number of aliphatic hydroxyl groups is 1. The van der Waals surface area contributed by atoms with Gasteiger partial charge in [-0.1, -0.05) is 6.07 Å². The number of carbonyl (C=O) groups is 2. The molecule has 3 atom stereocenters. The summed E-state index contributed by atoms with van der Waals surface area (Å²) in [6.45, 7) is 4.44. The topological polar surface area (TPSA) is 77.0 Å². The quantitative estimate of drug-likeness (QED) is 0.870. The second kappa shape index (κ2) is 7.03. The van der Waals surface area contributed by atoms with Gasteiger partial charge in [-0.3, -0.25) is 24.4 Å². The van der Waals surface area contributed by atoms with Crippen LogP contribution in [0.1, 0.15) is 30.0 Å². The third kappa shape index (κ3) is 3.03. The van der Waals surface area contributed by atoms with Gasteiger partial charge in [-0.15, -0.1) is 11.3 Å². The summed E-state index contributed by atoms with van der Waals surface area (Å²) < 4.78 is 0. The molecule has 0 spiro atoms. The molecule has 0 aliphatic carbocycles. The van der Waals surface area contributed by atoms with E-state index in [2.05, 4.69) is 4.98 Å². The average molecular weight is 386 g/mol. The molecular weight excluding hydrogens is 364 g/mol. The Morgan fingerprint density at radius 2 is 2.19 bits per heavy atom. The predicted octanol–water partition coefficient (Wildman–Crippen LogP) is 1.74. The number of rotatable bonds is 3. The number of aromatic nitrogens is 1. The highest BCUT2D eigenvalue weighted by atomic mass is 32.1. The maximum Gasteiger partial charge on any atom is 0.230 e. The van der Waals surface area contributed by atoms with Gasteiger partial charge in [-0.05, 0) is 30.0 Å². The summed E-state index contributed by atoms with van der Waals surface area (Å²) in [5.74, 6) is -0.130. The van der Waals surface area contributed by atoms with E-state index in [1.165, 1.54) is 18.3 Å². The molecule has 3 unspecified atom stereocenters. The zero-order valence-electron chi connectivity index (χ0n) is 15.3. The first-order valence-corrected chi connectivity index (χ1v) is 9.84. The maximum absolute atomic E-state index is 13.0. The molecule has 1 N–H and O–H groups in total. The van der Waals surface area contributed by atoms with Crippen molar-refractivity contribution in [3.63, 3.8) is 0 Å². The fourth-order valence-corrected chi connectivity index (χ4v) is 4.82. The van der Waals surface area contributed by atoms with Crippen molar-refractivity contribution < 1.29 is 14.7 Å². The van der Waals surface area contributed by atoms with E-state index in [0.717, 1.165) is 10.4 Å². The van der Waals surface area contributed by atoms with Crippen molar-refractivity contribution in [3.8, 4) is 0 Å². The molecule has 0 bridgehead atoms. The van der Waals surface area contributed by atoms with E-state index in [-0.39, 0.29) is 24.3 Å². The van der Waals surface area contributed by atoms with Gasteiger partial charge >= 0.3 is 0 Å². The number of hydrogen-bond donors (Lipinski definition) is 1. The molecule has 0 radical (unpaired) electrons. The minimum Gasteiger partial charge on any atom is -0.373 e. The smallest absolute Gasteiger partial charge is 0.230 e. The first kappa shape index (κ1) is 18.1. The third-order valence-corrected chi connectivity index (χ3v) is 6.31. The number of piperazine rings is 1. The Hall–Kier alpha value is -2.29. The van der Waals surface area contributed by atoms with E-state index < -0.39 is 12.4 Å². The first-order chi connectivity index (χ1) is 13.0. The molecule has 2 amide bonds. The summed E-state index contributed by atoms with van der Waals surface area (Å²) in [6, 6.07) is 5.38. The van der Waals surface area contributed by atoms with Crippen molar-refractivity contribution in [3.05, 3.63) is 46.4 Å². The number of anilines is 1. The molecule has 8 heteroatoms. The molecule has 142 valence electrons. The highest BCUT2D eigenvalue weighted by molar-refractivity contribution is 7.10. The molecule has 2 aliphatic heterocycles. The zero-order valence-corrected chi connectivity index (χ0v) is 16.1. The van der Waals surface area contributed by atoms with Gasteiger partial charge in [0.15, 0.2) is 0 Å². The lowest BCUT2D eigenvalue weighted by Gasteiger charge is -2.47. The van der Waals surface area contributed by atoms with Crippen molar-refractivity contribution in [2.45, 2.75) is 38.7 Å². The number of amides is 2. The van der Waals surface area contributed by atoms with Crippen LogP contribution in [0.25, 0.3) is 0 Å². The molecule has 2 fully saturated rings. The van der Waals surface area contributed by atoms with Crippen molar-refractivity contribution in [1.82, 2.24) is 14.8 Å². The van der Waals surface area contributed by atoms with Crippen LogP contribution in [0.3, 0.4) is 0 Å². The van der Waals surface area contributed by atoms with Crippen LogP contribution < -0.4 is 4.90 Å². The molecule has 2 saturated heterocycles. The highest BCUT2D eigenvalue weighted by Crippen LogP contribution is 2.38. The number of aliphatic hydroxyl groups excluding tert-OH is 1. The number of fused-ring (bicyclic) bond motifs is 1. The molecule has 4 heterocycles. The Morgan fingerprint density at radius 1 is 1.37 bits per heavy atom. The number of nitrogens with zero attached hydrogens (tertiary/aromatic N) is 4.